The van der Waals surface area contributed by atoms with Gasteiger partial charge in [-0.3, -0.25) is 14.5 Å². The number of aromatic nitrogens is 1. The summed E-state index contributed by atoms with van der Waals surface area (Å²) in [4.78, 5) is 43.8. The molecule has 0 atom stereocenters. The molecule has 2 heterocycles. The Morgan fingerprint density at radius 3 is 2.63 bits per heavy atom. The van der Waals surface area contributed by atoms with E-state index in [9.17, 15) is 14.4 Å². The van der Waals surface area contributed by atoms with Gasteiger partial charge in [-0.2, -0.15) is 0 Å². The summed E-state index contributed by atoms with van der Waals surface area (Å²) in [6.07, 6.45) is 3.81. The summed E-state index contributed by atoms with van der Waals surface area (Å²) in [5.41, 5.74) is 2.08. The highest BCUT2D eigenvalue weighted by Crippen LogP contribution is 2.31. The highest BCUT2D eigenvalue weighted by molar-refractivity contribution is 7.15. The number of nitrogens with zero attached hydrogens (tertiary/aromatic N) is 2. The van der Waals surface area contributed by atoms with Gasteiger partial charge >= 0.3 is 5.97 Å². The predicted molar refractivity (Wildman–Crippen MR) is 113 cm³/mol. The number of carbonyl (C=O) groups excluding carboxylic acids is 3. The Hall–Kier alpha value is -2.78. The standard InChI is InChI=1S/C21H24N4O4S/c1-29-20(28)14-5-7-15(8-6-14)22-18(26)12-25-10-9-16-17(11-25)30-21(23-16)24-19(27)13-3-2-4-13/h5-8,13H,2-4,9-12H2,1H3,(H,22,26)(H,23,24,27). The van der Waals surface area contributed by atoms with Gasteiger partial charge in [0.05, 0.1) is 24.9 Å². The lowest BCUT2D eigenvalue weighted by atomic mass is 9.85. The fraction of sp³-hybridized carbons (Fsp3) is 0.429. The smallest absolute Gasteiger partial charge is 0.337 e. The van der Waals surface area contributed by atoms with E-state index in [1.165, 1.54) is 18.4 Å². The molecule has 4 rings (SSSR count). The number of thiazole rings is 1. The minimum Gasteiger partial charge on any atom is -0.465 e. The maximum Gasteiger partial charge on any atom is 0.337 e. The fourth-order valence-corrected chi connectivity index (χ4v) is 4.58. The van der Waals surface area contributed by atoms with E-state index in [0.29, 0.717) is 22.9 Å². The minimum absolute atomic E-state index is 0.0711. The minimum atomic E-state index is -0.412. The SMILES string of the molecule is COC(=O)c1ccc(NC(=O)CN2CCc3nc(NC(=O)C4CCC4)sc3C2)cc1. The Bertz CT molecular complexity index is 952. The molecule has 1 aliphatic heterocycles. The van der Waals surface area contributed by atoms with Crippen LogP contribution in [-0.2, 0) is 27.3 Å². The first-order valence-electron chi connectivity index (χ1n) is 10.0. The fourth-order valence-electron chi connectivity index (χ4n) is 3.53. The molecule has 30 heavy (non-hydrogen) atoms. The van der Waals surface area contributed by atoms with Crippen molar-refractivity contribution in [3.05, 3.63) is 40.4 Å². The second kappa shape index (κ2) is 8.93. The molecule has 0 unspecified atom stereocenters. The van der Waals surface area contributed by atoms with Crippen LogP contribution in [0.25, 0.3) is 0 Å². The number of ether oxygens (including phenoxy) is 1. The largest absolute Gasteiger partial charge is 0.465 e. The van der Waals surface area contributed by atoms with Crippen molar-refractivity contribution in [3.63, 3.8) is 0 Å². The monoisotopic (exact) mass is 428 g/mol. The van der Waals surface area contributed by atoms with Crippen molar-refractivity contribution in [2.75, 3.05) is 30.8 Å². The van der Waals surface area contributed by atoms with Crippen molar-refractivity contribution >= 4 is 39.9 Å². The molecule has 1 aliphatic carbocycles. The molecule has 8 nitrogen and oxygen atoms in total. The maximum absolute atomic E-state index is 12.4. The van der Waals surface area contributed by atoms with Crippen LogP contribution in [0.2, 0.25) is 0 Å². The third-order valence-corrected chi connectivity index (χ3v) is 6.47. The average Bonchev–Trinajstić information content (AvgIpc) is 3.07. The Morgan fingerprint density at radius 2 is 1.97 bits per heavy atom. The molecule has 0 saturated heterocycles. The van der Waals surface area contributed by atoms with Gasteiger partial charge in [-0.05, 0) is 37.1 Å². The first-order chi connectivity index (χ1) is 14.5. The summed E-state index contributed by atoms with van der Waals surface area (Å²) >= 11 is 1.50. The molecule has 1 aromatic heterocycles. The Morgan fingerprint density at radius 1 is 1.20 bits per heavy atom. The van der Waals surface area contributed by atoms with Gasteiger partial charge in [0.1, 0.15) is 0 Å². The molecule has 9 heteroatoms. The van der Waals surface area contributed by atoms with Crippen LogP contribution in [0.5, 0.6) is 0 Å². The third kappa shape index (κ3) is 4.68. The van der Waals surface area contributed by atoms with Crippen LogP contribution in [-0.4, -0.2) is 47.9 Å². The lowest BCUT2D eigenvalue weighted by Crippen LogP contribution is -2.36. The van der Waals surface area contributed by atoms with E-state index in [1.807, 2.05) is 0 Å². The average molecular weight is 429 g/mol. The van der Waals surface area contributed by atoms with E-state index >= 15 is 0 Å². The number of rotatable bonds is 6. The number of anilines is 2. The second-order valence-corrected chi connectivity index (χ2v) is 8.67. The number of esters is 1. The van der Waals surface area contributed by atoms with Crippen molar-refractivity contribution in [3.8, 4) is 0 Å². The van der Waals surface area contributed by atoms with Gasteiger partial charge in [-0.15, -0.1) is 11.3 Å². The van der Waals surface area contributed by atoms with Gasteiger partial charge < -0.3 is 15.4 Å². The Balaban J connectivity index is 1.29. The zero-order chi connectivity index (χ0) is 21.1. The summed E-state index contributed by atoms with van der Waals surface area (Å²) in [5, 5.41) is 6.46. The van der Waals surface area contributed by atoms with Crippen LogP contribution >= 0.6 is 11.3 Å². The number of hydrogen-bond donors (Lipinski definition) is 2. The number of hydrogen-bond acceptors (Lipinski definition) is 7. The van der Waals surface area contributed by atoms with Crippen molar-refractivity contribution < 1.29 is 19.1 Å². The van der Waals surface area contributed by atoms with Gasteiger partial charge in [-0.25, -0.2) is 9.78 Å². The summed E-state index contributed by atoms with van der Waals surface area (Å²) in [7, 11) is 1.33. The lowest BCUT2D eigenvalue weighted by molar-refractivity contribution is -0.122. The quantitative estimate of drug-likeness (QED) is 0.686. The topological polar surface area (TPSA) is 101 Å². The van der Waals surface area contributed by atoms with Crippen LogP contribution in [0.4, 0.5) is 10.8 Å². The number of methoxy groups -OCH3 is 1. The van der Waals surface area contributed by atoms with Crippen LogP contribution in [0.15, 0.2) is 24.3 Å². The first-order valence-corrected chi connectivity index (χ1v) is 10.8. The highest BCUT2D eigenvalue weighted by atomic mass is 32.1. The molecular formula is C21H24N4O4S. The van der Waals surface area contributed by atoms with E-state index in [0.717, 1.165) is 42.8 Å². The molecule has 1 fully saturated rings. The molecule has 2 aromatic rings. The van der Waals surface area contributed by atoms with E-state index in [1.54, 1.807) is 24.3 Å². The predicted octanol–water partition coefficient (Wildman–Crippen LogP) is 2.67. The Kier molecular flexibility index (Phi) is 6.10. The number of amides is 2. The van der Waals surface area contributed by atoms with E-state index in [2.05, 4.69) is 25.3 Å². The lowest BCUT2D eigenvalue weighted by Gasteiger charge is -2.25. The first kappa shape index (κ1) is 20.5. The number of fused-ring (bicyclic) bond motifs is 1. The number of benzene rings is 1. The molecular weight excluding hydrogens is 404 g/mol. The van der Waals surface area contributed by atoms with Gasteiger partial charge in [0, 0.05) is 36.0 Å². The van der Waals surface area contributed by atoms with Crippen molar-refractivity contribution in [2.24, 2.45) is 5.92 Å². The molecule has 2 N–H and O–H groups in total. The van der Waals surface area contributed by atoms with E-state index < -0.39 is 5.97 Å². The van der Waals surface area contributed by atoms with Gasteiger partial charge in [0.15, 0.2) is 5.13 Å². The van der Waals surface area contributed by atoms with Crippen molar-refractivity contribution in [1.82, 2.24) is 9.88 Å². The molecule has 0 bridgehead atoms. The van der Waals surface area contributed by atoms with Gasteiger partial charge in [0.2, 0.25) is 11.8 Å². The van der Waals surface area contributed by atoms with Crippen LogP contribution in [0.3, 0.4) is 0 Å². The summed E-state index contributed by atoms with van der Waals surface area (Å²) in [6, 6.07) is 6.59. The zero-order valence-electron chi connectivity index (χ0n) is 16.8. The molecule has 0 spiro atoms. The highest BCUT2D eigenvalue weighted by Gasteiger charge is 2.27. The molecule has 2 aliphatic rings. The molecule has 1 aromatic carbocycles. The maximum atomic E-state index is 12.4. The molecule has 0 radical (unpaired) electrons. The number of nitrogens with one attached hydrogen (secondary N) is 2. The normalized spacial score (nSPS) is 16.3. The van der Waals surface area contributed by atoms with Crippen molar-refractivity contribution in [1.29, 1.82) is 0 Å². The van der Waals surface area contributed by atoms with Crippen LogP contribution < -0.4 is 10.6 Å². The summed E-state index contributed by atoms with van der Waals surface area (Å²) in [6.45, 7) is 1.64. The van der Waals surface area contributed by atoms with Crippen molar-refractivity contribution in [2.45, 2.75) is 32.2 Å². The Labute approximate surface area is 178 Å². The molecule has 158 valence electrons. The second-order valence-electron chi connectivity index (χ2n) is 7.58. The van der Waals surface area contributed by atoms with Crippen LogP contribution in [0, 0.1) is 5.92 Å². The van der Waals surface area contributed by atoms with Gasteiger partial charge in [-0.1, -0.05) is 6.42 Å². The van der Waals surface area contributed by atoms with E-state index in [-0.39, 0.29) is 24.3 Å². The number of carbonyl (C=O) groups is 3. The summed E-state index contributed by atoms with van der Waals surface area (Å²) in [5.74, 6) is -0.327. The van der Waals surface area contributed by atoms with Gasteiger partial charge in [0.25, 0.3) is 0 Å². The molecule has 1 saturated carbocycles. The zero-order valence-corrected chi connectivity index (χ0v) is 17.6. The third-order valence-electron chi connectivity index (χ3n) is 5.47. The van der Waals surface area contributed by atoms with Crippen LogP contribution in [0.1, 0.15) is 40.2 Å². The summed E-state index contributed by atoms with van der Waals surface area (Å²) < 4.78 is 4.67. The van der Waals surface area contributed by atoms with E-state index in [4.69, 9.17) is 0 Å². The molecule has 2 amide bonds.